The Hall–Kier alpha value is -2.08. The molecule has 0 bridgehead atoms. The molecule has 0 fully saturated rings. The van der Waals surface area contributed by atoms with Crippen molar-refractivity contribution >= 4 is 23.2 Å². The molecule has 0 aliphatic rings. The third-order valence-electron chi connectivity index (χ3n) is 2.90. The van der Waals surface area contributed by atoms with Gasteiger partial charge in [0.25, 0.3) is 5.56 Å². The van der Waals surface area contributed by atoms with Gasteiger partial charge < -0.3 is 10.7 Å². The molecule has 1 heterocycles. The topological polar surface area (TPSA) is 88.8 Å². The summed E-state index contributed by atoms with van der Waals surface area (Å²) in [5, 5.41) is 0.519. The van der Waals surface area contributed by atoms with Crippen molar-refractivity contribution in [3.63, 3.8) is 0 Å². The molecular formula is C15H17N3O2S. The first-order chi connectivity index (χ1) is 9.99. The van der Waals surface area contributed by atoms with E-state index in [0.29, 0.717) is 16.4 Å². The number of carbonyl (C=O) groups excluding carboxylic acids is 1. The Labute approximate surface area is 127 Å². The molecule has 0 spiro atoms. The Morgan fingerprint density at radius 3 is 2.81 bits per heavy atom. The molecule has 1 aromatic carbocycles. The van der Waals surface area contributed by atoms with Gasteiger partial charge in [-0.15, -0.1) is 0 Å². The summed E-state index contributed by atoms with van der Waals surface area (Å²) in [6.45, 7) is 3.51. The summed E-state index contributed by atoms with van der Waals surface area (Å²) in [6.07, 6.45) is 1.69. The first-order valence-corrected chi connectivity index (χ1v) is 7.49. The van der Waals surface area contributed by atoms with E-state index in [-0.39, 0.29) is 11.3 Å². The van der Waals surface area contributed by atoms with Crippen molar-refractivity contribution in [1.82, 2.24) is 9.97 Å². The van der Waals surface area contributed by atoms with Crippen LogP contribution in [-0.2, 0) is 6.42 Å². The number of aromatic nitrogens is 2. The smallest absolute Gasteiger partial charge is 0.251 e. The number of rotatable bonds is 5. The van der Waals surface area contributed by atoms with Gasteiger partial charge in [-0.05, 0) is 31.5 Å². The van der Waals surface area contributed by atoms with Crippen LogP contribution in [0.15, 0.2) is 39.1 Å². The van der Waals surface area contributed by atoms with Crippen LogP contribution < -0.4 is 11.3 Å². The number of hydrogen-bond donors (Lipinski definition) is 2. The van der Waals surface area contributed by atoms with Crippen molar-refractivity contribution < 1.29 is 4.79 Å². The zero-order valence-corrected chi connectivity index (χ0v) is 12.8. The van der Waals surface area contributed by atoms with Crippen LogP contribution in [0.25, 0.3) is 0 Å². The predicted molar refractivity (Wildman–Crippen MR) is 83.8 cm³/mol. The largest absolute Gasteiger partial charge is 0.398 e. The molecular weight excluding hydrogens is 286 g/mol. The second-order valence-electron chi connectivity index (χ2n) is 4.70. The van der Waals surface area contributed by atoms with Gasteiger partial charge in [-0.25, -0.2) is 4.98 Å². The lowest BCUT2D eigenvalue weighted by Crippen LogP contribution is -2.09. The number of nitrogens with zero attached hydrogens (tertiary/aromatic N) is 1. The molecule has 0 aliphatic heterocycles. The third-order valence-corrected chi connectivity index (χ3v) is 3.77. The van der Waals surface area contributed by atoms with Gasteiger partial charge in [-0.3, -0.25) is 9.59 Å². The van der Waals surface area contributed by atoms with E-state index in [9.17, 15) is 9.59 Å². The molecule has 110 valence electrons. The van der Waals surface area contributed by atoms with Crippen molar-refractivity contribution in [3.05, 3.63) is 45.9 Å². The van der Waals surface area contributed by atoms with Crippen molar-refractivity contribution in [2.75, 3.05) is 5.73 Å². The average Bonchev–Trinajstić information content (AvgIpc) is 2.40. The molecule has 1 aromatic heterocycles. The Kier molecular flexibility index (Phi) is 4.80. The normalized spacial score (nSPS) is 10.6. The predicted octanol–water partition coefficient (Wildman–Crippen LogP) is 2.66. The van der Waals surface area contributed by atoms with E-state index in [4.69, 9.17) is 5.73 Å². The maximum absolute atomic E-state index is 11.6. The van der Waals surface area contributed by atoms with E-state index >= 15 is 0 Å². The van der Waals surface area contributed by atoms with Gasteiger partial charge in [-0.1, -0.05) is 25.1 Å². The van der Waals surface area contributed by atoms with E-state index in [1.807, 2.05) is 6.92 Å². The Morgan fingerprint density at radius 1 is 1.38 bits per heavy atom. The minimum atomic E-state index is -0.168. The fourth-order valence-corrected chi connectivity index (χ4v) is 2.78. The Morgan fingerprint density at radius 2 is 2.14 bits per heavy atom. The van der Waals surface area contributed by atoms with Gasteiger partial charge in [0.15, 0.2) is 10.9 Å². The van der Waals surface area contributed by atoms with Crippen molar-refractivity contribution in [1.29, 1.82) is 0 Å². The first-order valence-electron chi connectivity index (χ1n) is 6.68. The standard InChI is InChI=1S/C15H17N3O2S/c1-3-4-10-7-14(20)18-15(17-10)21-11-5-6-13(16)12(8-11)9(2)19/h5-8H,3-4,16H2,1-2H3,(H,17,18,20). The maximum atomic E-state index is 11.6. The number of aromatic amines is 1. The summed E-state index contributed by atoms with van der Waals surface area (Å²) in [5.74, 6) is -0.0869. The molecule has 2 rings (SSSR count). The van der Waals surface area contributed by atoms with Crippen LogP contribution in [0, 0.1) is 0 Å². The SMILES string of the molecule is CCCc1cc(=O)[nH]c(Sc2ccc(N)c(C(C)=O)c2)n1. The quantitative estimate of drug-likeness (QED) is 0.503. The highest BCUT2D eigenvalue weighted by Crippen LogP contribution is 2.27. The van der Waals surface area contributed by atoms with E-state index < -0.39 is 0 Å². The van der Waals surface area contributed by atoms with E-state index in [1.54, 1.807) is 18.2 Å². The van der Waals surface area contributed by atoms with E-state index in [2.05, 4.69) is 9.97 Å². The summed E-state index contributed by atoms with van der Waals surface area (Å²) < 4.78 is 0. The summed E-state index contributed by atoms with van der Waals surface area (Å²) in [6, 6.07) is 6.72. The molecule has 0 unspecified atom stereocenters. The second kappa shape index (κ2) is 6.58. The van der Waals surface area contributed by atoms with Crippen LogP contribution in [0.5, 0.6) is 0 Å². The van der Waals surface area contributed by atoms with Crippen molar-refractivity contribution in [2.45, 2.75) is 36.7 Å². The number of nitrogens with two attached hydrogens (primary N) is 1. The van der Waals surface area contributed by atoms with E-state index in [0.717, 1.165) is 23.4 Å². The van der Waals surface area contributed by atoms with Crippen molar-refractivity contribution in [2.24, 2.45) is 0 Å². The van der Waals surface area contributed by atoms with Crippen LogP contribution in [-0.4, -0.2) is 15.8 Å². The number of anilines is 1. The monoisotopic (exact) mass is 303 g/mol. The lowest BCUT2D eigenvalue weighted by Gasteiger charge is -2.06. The minimum Gasteiger partial charge on any atom is -0.398 e. The molecule has 0 aliphatic carbocycles. The number of ketones is 1. The maximum Gasteiger partial charge on any atom is 0.251 e. The van der Waals surface area contributed by atoms with Gasteiger partial charge >= 0.3 is 0 Å². The lowest BCUT2D eigenvalue weighted by atomic mass is 10.1. The zero-order chi connectivity index (χ0) is 15.4. The number of hydrogen-bond acceptors (Lipinski definition) is 5. The molecule has 0 saturated heterocycles. The first kappa shape index (κ1) is 15.3. The molecule has 2 aromatic rings. The van der Waals surface area contributed by atoms with Gasteiger partial charge in [-0.2, -0.15) is 0 Å². The summed E-state index contributed by atoms with van der Waals surface area (Å²) in [5.41, 5.74) is 7.30. The van der Waals surface area contributed by atoms with Crippen LogP contribution in [0.3, 0.4) is 0 Å². The molecule has 21 heavy (non-hydrogen) atoms. The highest BCUT2D eigenvalue weighted by Gasteiger charge is 2.08. The lowest BCUT2D eigenvalue weighted by molar-refractivity contribution is 0.101. The van der Waals surface area contributed by atoms with Crippen LogP contribution in [0.4, 0.5) is 5.69 Å². The minimum absolute atomic E-state index is 0.0869. The number of carbonyl (C=O) groups is 1. The molecule has 0 radical (unpaired) electrons. The Balaban J connectivity index is 2.32. The molecule has 0 atom stereocenters. The summed E-state index contributed by atoms with van der Waals surface area (Å²) in [4.78, 5) is 31.0. The number of nitrogen functional groups attached to an aromatic ring is 1. The highest BCUT2D eigenvalue weighted by molar-refractivity contribution is 7.99. The number of H-pyrrole nitrogens is 1. The van der Waals surface area contributed by atoms with Gasteiger partial charge in [0.2, 0.25) is 0 Å². The molecule has 3 N–H and O–H groups in total. The molecule has 5 nitrogen and oxygen atoms in total. The van der Waals surface area contributed by atoms with Crippen LogP contribution in [0.1, 0.15) is 36.3 Å². The number of benzene rings is 1. The fraction of sp³-hybridized carbons (Fsp3) is 0.267. The van der Waals surface area contributed by atoms with Crippen LogP contribution >= 0.6 is 11.8 Å². The summed E-state index contributed by atoms with van der Waals surface area (Å²) in [7, 11) is 0. The van der Waals surface area contributed by atoms with Crippen LogP contribution in [0.2, 0.25) is 0 Å². The highest BCUT2D eigenvalue weighted by atomic mass is 32.2. The second-order valence-corrected chi connectivity index (χ2v) is 5.76. The Bertz CT molecular complexity index is 725. The van der Waals surface area contributed by atoms with Gasteiger partial charge in [0.1, 0.15) is 0 Å². The van der Waals surface area contributed by atoms with Gasteiger partial charge in [0.05, 0.1) is 0 Å². The molecule has 0 amide bonds. The number of aryl methyl sites for hydroxylation is 1. The number of Topliss-reactive ketones (excluding diaryl/α,β-unsaturated/α-hetero) is 1. The zero-order valence-electron chi connectivity index (χ0n) is 12.0. The summed E-state index contributed by atoms with van der Waals surface area (Å²) >= 11 is 1.31. The fourth-order valence-electron chi connectivity index (χ4n) is 1.93. The van der Waals surface area contributed by atoms with Crippen molar-refractivity contribution in [3.8, 4) is 0 Å². The van der Waals surface area contributed by atoms with E-state index in [1.165, 1.54) is 24.8 Å². The third kappa shape index (κ3) is 3.95. The number of nitrogens with one attached hydrogen (secondary N) is 1. The molecule has 0 saturated carbocycles. The van der Waals surface area contributed by atoms with Gasteiger partial charge in [0, 0.05) is 27.9 Å². The average molecular weight is 303 g/mol. The molecule has 6 heteroatoms.